The number of benzene rings is 1. The molecule has 0 aliphatic heterocycles. The SMILES string of the molecule is CCS(=O)(=O)c1ccccc1NCCCC(C)C(=O)O. The summed E-state index contributed by atoms with van der Waals surface area (Å²) in [5, 5.41) is 11.9. The second kappa shape index (κ2) is 7.28. The fourth-order valence-electron chi connectivity index (χ4n) is 1.79. The minimum Gasteiger partial charge on any atom is -0.481 e. The molecule has 5 nitrogen and oxygen atoms in total. The van der Waals surface area contributed by atoms with Crippen LogP contribution in [-0.2, 0) is 14.6 Å². The molecule has 1 aromatic carbocycles. The summed E-state index contributed by atoms with van der Waals surface area (Å²) in [6, 6.07) is 6.78. The van der Waals surface area contributed by atoms with E-state index in [1.165, 1.54) is 0 Å². The van der Waals surface area contributed by atoms with Crippen molar-refractivity contribution in [2.45, 2.75) is 31.6 Å². The predicted molar refractivity (Wildman–Crippen MR) is 78.7 cm³/mol. The van der Waals surface area contributed by atoms with Gasteiger partial charge in [0.2, 0.25) is 0 Å². The molecule has 0 aliphatic rings. The van der Waals surface area contributed by atoms with Crippen molar-refractivity contribution in [3.63, 3.8) is 0 Å². The Bertz CT molecular complexity index is 554. The summed E-state index contributed by atoms with van der Waals surface area (Å²) in [4.78, 5) is 11.0. The molecule has 6 heteroatoms. The molecule has 0 amide bonds. The van der Waals surface area contributed by atoms with Gasteiger partial charge < -0.3 is 10.4 Å². The van der Waals surface area contributed by atoms with Gasteiger partial charge in [0.05, 0.1) is 22.3 Å². The molecule has 0 saturated heterocycles. The van der Waals surface area contributed by atoms with Crippen LogP contribution in [0.5, 0.6) is 0 Å². The molecule has 0 aliphatic carbocycles. The third kappa shape index (κ3) is 4.52. The molecule has 2 N–H and O–H groups in total. The zero-order chi connectivity index (χ0) is 15.2. The van der Waals surface area contributed by atoms with E-state index in [0.717, 1.165) is 0 Å². The fourth-order valence-corrected chi connectivity index (χ4v) is 2.87. The first-order valence-corrected chi connectivity index (χ1v) is 8.32. The molecule has 1 unspecified atom stereocenters. The lowest BCUT2D eigenvalue weighted by Gasteiger charge is -2.12. The predicted octanol–water partition coefficient (Wildman–Crippen LogP) is 2.39. The van der Waals surface area contributed by atoms with Crippen LogP contribution in [0.1, 0.15) is 26.7 Å². The molecular weight excluding hydrogens is 278 g/mol. The van der Waals surface area contributed by atoms with Gasteiger partial charge in [-0.1, -0.05) is 26.0 Å². The topological polar surface area (TPSA) is 83.5 Å². The van der Waals surface area contributed by atoms with Crippen LogP contribution in [0.15, 0.2) is 29.2 Å². The molecule has 0 spiro atoms. The highest BCUT2D eigenvalue weighted by molar-refractivity contribution is 7.91. The quantitative estimate of drug-likeness (QED) is 0.720. The van der Waals surface area contributed by atoms with E-state index in [0.29, 0.717) is 30.0 Å². The second-order valence-corrected chi connectivity index (χ2v) is 6.95. The van der Waals surface area contributed by atoms with Gasteiger partial charge in [-0.3, -0.25) is 4.79 Å². The van der Waals surface area contributed by atoms with E-state index in [1.807, 2.05) is 0 Å². The van der Waals surface area contributed by atoms with Crippen molar-refractivity contribution in [3.05, 3.63) is 24.3 Å². The Kier molecular flexibility index (Phi) is 6.01. The molecule has 0 saturated carbocycles. The van der Waals surface area contributed by atoms with Gasteiger partial charge in [-0.2, -0.15) is 0 Å². The molecule has 1 aromatic rings. The van der Waals surface area contributed by atoms with Crippen molar-refractivity contribution in [2.24, 2.45) is 5.92 Å². The molecular formula is C14H21NO4S. The molecule has 0 bridgehead atoms. The first-order valence-electron chi connectivity index (χ1n) is 6.67. The molecule has 1 atom stereocenters. The molecule has 0 aromatic heterocycles. The van der Waals surface area contributed by atoms with Crippen molar-refractivity contribution in [3.8, 4) is 0 Å². The van der Waals surface area contributed by atoms with Gasteiger partial charge in [0.15, 0.2) is 9.84 Å². The average molecular weight is 299 g/mol. The van der Waals surface area contributed by atoms with Crippen LogP contribution in [0.2, 0.25) is 0 Å². The number of anilines is 1. The zero-order valence-electron chi connectivity index (χ0n) is 11.8. The molecule has 0 radical (unpaired) electrons. The van der Waals surface area contributed by atoms with Gasteiger partial charge in [0.1, 0.15) is 0 Å². The lowest BCUT2D eigenvalue weighted by molar-refractivity contribution is -0.141. The number of nitrogens with one attached hydrogen (secondary N) is 1. The van der Waals surface area contributed by atoms with Crippen LogP contribution in [0.3, 0.4) is 0 Å². The number of sulfone groups is 1. The summed E-state index contributed by atoms with van der Waals surface area (Å²) in [7, 11) is -3.25. The van der Waals surface area contributed by atoms with E-state index in [-0.39, 0.29) is 11.7 Å². The Labute approximate surface area is 119 Å². The summed E-state index contributed by atoms with van der Waals surface area (Å²) in [5.74, 6) is -1.13. The summed E-state index contributed by atoms with van der Waals surface area (Å²) in [5.41, 5.74) is 0.581. The fraction of sp³-hybridized carbons (Fsp3) is 0.500. The number of para-hydroxylation sites is 1. The maximum atomic E-state index is 11.9. The molecule has 0 heterocycles. The Morgan fingerprint density at radius 2 is 2.00 bits per heavy atom. The Morgan fingerprint density at radius 3 is 2.60 bits per heavy atom. The first-order chi connectivity index (χ1) is 9.38. The molecule has 20 heavy (non-hydrogen) atoms. The van der Waals surface area contributed by atoms with Gasteiger partial charge in [-0.15, -0.1) is 0 Å². The van der Waals surface area contributed by atoms with E-state index >= 15 is 0 Å². The average Bonchev–Trinajstić information content (AvgIpc) is 2.43. The van der Waals surface area contributed by atoms with Gasteiger partial charge in [0.25, 0.3) is 0 Å². The van der Waals surface area contributed by atoms with E-state index in [2.05, 4.69) is 5.32 Å². The Balaban J connectivity index is 2.64. The number of hydrogen-bond donors (Lipinski definition) is 2. The van der Waals surface area contributed by atoms with E-state index in [9.17, 15) is 13.2 Å². The second-order valence-electron chi connectivity index (χ2n) is 4.71. The molecule has 112 valence electrons. The number of aliphatic carboxylic acids is 1. The lowest BCUT2D eigenvalue weighted by Crippen LogP contribution is -2.13. The highest BCUT2D eigenvalue weighted by atomic mass is 32.2. The standard InChI is InChI=1S/C14H21NO4S/c1-3-20(18,19)13-9-5-4-8-12(13)15-10-6-7-11(2)14(16)17/h4-5,8-9,11,15H,3,6-7,10H2,1-2H3,(H,16,17). The highest BCUT2D eigenvalue weighted by Crippen LogP contribution is 2.22. The monoisotopic (exact) mass is 299 g/mol. The normalized spacial score (nSPS) is 12.9. The smallest absolute Gasteiger partial charge is 0.306 e. The van der Waals surface area contributed by atoms with Crippen LogP contribution >= 0.6 is 0 Å². The number of carbonyl (C=O) groups is 1. The largest absolute Gasteiger partial charge is 0.481 e. The van der Waals surface area contributed by atoms with Crippen LogP contribution < -0.4 is 5.32 Å². The van der Waals surface area contributed by atoms with Crippen molar-refractivity contribution >= 4 is 21.5 Å². The third-order valence-electron chi connectivity index (χ3n) is 3.15. The summed E-state index contributed by atoms with van der Waals surface area (Å²) < 4.78 is 23.9. The van der Waals surface area contributed by atoms with Crippen molar-refractivity contribution in [1.82, 2.24) is 0 Å². The summed E-state index contributed by atoms with van der Waals surface area (Å²) >= 11 is 0. The summed E-state index contributed by atoms with van der Waals surface area (Å²) in [6.45, 7) is 3.83. The Morgan fingerprint density at radius 1 is 1.35 bits per heavy atom. The highest BCUT2D eigenvalue weighted by Gasteiger charge is 2.16. The molecule has 0 fully saturated rings. The maximum Gasteiger partial charge on any atom is 0.306 e. The molecule has 1 rings (SSSR count). The number of carboxylic acids is 1. The van der Waals surface area contributed by atoms with Crippen molar-refractivity contribution in [1.29, 1.82) is 0 Å². The van der Waals surface area contributed by atoms with Crippen LogP contribution in [-0.4, -0.2) is 31.8 Å². The first kappa shape index (κ1) is 16.5. The number of carboxylic acid groups (broad SMARTS) is 1. The minimum atomic E-state index is -3.25. The maximum absolute atomic E-state index is 11.9. The van der Waals surface area contributed by atoms with Crippen molar-refractivity contribution < 1.29 is 18.3 Å². The van der Waals surface area contributed by atoms with E-state index in [1.54, 1.807) is 38.1 Å². The minimum absolute atomic E-state index is 0.0573. The summed E-state index contributed by atoms with van der Waals surface area (Å²) in [6.07, 6.45) is 1.24. The van der Waals surface area contributed by atoms with Gasteiger partial charge >= 0.3 is 5.97 Å². The van der Waals surface area contributed by atoms with Gasteiger partial charge in [-0.25, -0.2) is 8.42 Å². The van der Waals surface area contributed by atoms with Gasteiger partial charge in [-0.05, 0) is 25.0 Å². The van der Waals surface area contributed by atoms with Crippen LogP contribution in [0, 0.1) is 5.92 Å². The lowest BCUT2D eigenvalue weighted by atomic mass is 10.1. The van der Waals surface area contributed by atoms with Crippen LogP contribution in [0.25, 0.3) is 0 Å². The van der Waals surface area contributed by atoms with Crippen molar-refractivity contribution in [2.75, 3.05) is 17.6 Å². The van der Waals surface area contributed by atoms with E-state index < -0.39 is 15.8 Å². The van der Waals surface area contributed by atoms with Crippen LogP contribution in [0.4, 0.5) is 5.69 Å². The van der Waals surface area contributed by atoms with Gasteiger partial charge in [0, 0.05) is 6.54 Å². The Hall–Kier alpha value is -1.56. The zero-order valence-corrected chi connectivity index (χ0v) is 12.6. The van der Waals surface area contributed by atoms with E-state index in [4.69, 9.17) is 5.11 Å². The number of rotatable bonds is 8. The number of hydrogen-bond acceptors (Lipinski definition) is 4. The third-order valence-corrected chi connectivity index (χ3v) is 4.94.